The van der Waals surface area contributed by atoms with Crippen LogP contribution in [0.15, 0.2) is 83.3 Å². The lowest BCUT2D eigenvalue weighted by molar-refractivity contribution is 0.470. The SMILES string of the molecule is Oc1c(C(Nc2ccccc2)c2c(F)cc(Br)cc2F)ccc2ccccc12. The highest BCUT2D eigenvalue weighted by molar-refractivity contribution is 9.10. The summed E-state index contributed by atoms with van der Waals surface area (Å²) in [6, 6.07) is 21.5. The Kier molecular flexibility index (Phi) is 5.01. The molecule has 1 unspecified atom stereocenters. The zero-order valence-corrected chi connectivity index (χ0v) is 16.3. The summed E-state index contributed by atoms with van der Waals surface area (Å²) >= 11 is 3.12. The van der Waals surface area contributed by atoms with Gasteiger partial charge >= 0.3 is 0 Å². The molecule has 5 heteroatoms. The van der Waals surface area contributed by atoms with Crippen LogP contribution in [0.25, 0.3) is 10.8 Å². The summed E-state index contributed by atoms with van der Waals surface area (Å²) in [4.78, 5) is 0. The molecule has 1 atom stereocenters. The highest BCUT2D eigenvalue weighted by atomic mass is 79.9. The van der Waals surface area contributed by atoms with Gasteiger partial charge in [0.15, 0.2) is 0 Å². The molecule has 0 aliphatic carbocycles. The second-order valence-corrected chi connectivity index (χ2v) is 7.37. The van der Waals surface area contributed by atoms with E-state index in [1.54, 1.807) is 24.3 Å². The average molecular weight is 440 g/mol. The molecule has 0 saturated carbocycles. The normalized spacial score (nSPS) is 12.1. The van der Waals surface area contributed by atoms with Crippen molar-refractivity contribution in [2.45, 2.75) is 6.04 Å². The van der Waals surface area contributed by atoms with Crippen molar-refractivity contribution in [1.29, 1.82) is 0 Å². The fourth-order valence-electron chi connectivity index (χ4n) is 3.34. The molecule has 4 aromatic carbocycles. The van der Waals surface area contributed by atoms with Gasteiger partial charge in [-0.1, -0.05) is 70.5 Å². The van der Waals surface area contributed by atoms with E-state index >= 15 is 0 Å². The van der Waals surface area contributed by atoms with Crippen molar-refractivity contribution in [3.63, 3.8) is 0 Å². The Bertz CT molecular complexity index is 1120. The van der Waals surface area contributed by atoms with Crippen molar-refractivity contribution in [2.75, 3.05) is 5.32 Å². The number of phenolic OH excluding ortho intramolecular Hbond substituents is 1. The number of nitrogens with one attached hydrogen (secondary N) is 1. The first-order valence-corrected chi connectivity index (χ1v) is 9.50. The number of rotatable bonds is 4. The third kappa shape index (κ3) is 3.45. The van der Waals surface area contributed by atoms with Crippen LogP contribution in [-0.2, 0) is 0 Å². The fourth-order valence-corrected chi connectivity index (χ4v) is 3.74. The predicted octanol–water partition coefficient (Wildman–Crippen LogP) is 6.79. The van der Waals surface area contributed by atoms with Crippen LogP contribution in [0.5, 0.6) is 5.75 Å². The molecule has 2 nitrogen and oxygen atoms in total. The Morgan fingerprint density at radius 2 is 1.46 bits per heavy atom. The minimum absolute atomic E-state index is 0.00625. The van der Waals surface area contributed by atoms with Crippen molar-refractivity contribution in [1.82, 2.24) is 0 Å². The van der Waals surface area contributed by atoms with Gasteiger partial charge in [-0.2, -0.15) is 0 Å². The lowest BCUT2D eigenvalue weighted by atomic mass is 9.94. The van der Waals surface area contributed by atoms with Crippen LogP contribution in [-0.4, -0.2) is 5.11 Å². The highest BCUT2D eigenvalue weighted by Gasteiger charge is 2.26. The van der Waals surface area contributed by atoms with E-state index < -0.39 is 17.7 Å². The number of hydrogen-bond acceptors (Lipinski definition) is 2. The number of benzene rings is 4. The van der Waals surface area contributed by atoms with Crippen molar-refractivity contribution >= 4 is 32.4 Å². The van der Waals surface area contributed by atoms with Crippen LogP contribution in [0.4, 0.5) is 14.5 Å². The van der Waals surface area contributed by atoms with Gasteiger partial charge < -0.3 is 10.4 Å². The number of phenols is 1. The maximum Gasteiger partial charge on any atom is 0.132 e. The van der Waals surface area contributed by atoms with E-state index in [1.807, 2.05) is 42.5 Å². The largest absolute Gasteiger partial charge is 0.507 e. The van der Waals surface area contributed by atoms with E-state index in [2.05, 4.69) is 21.2 Å². The first kappa shape index (κ1) is 18.4. The van der Waals surface area contributed by atoms with Gasteiger partial charge in [0.1, 0.15) is 17.4 Å². The van der Waals surface area contributed by atoms with Crippen LogP contribution in [0, 0.1) is 11.6 Å². The van der Waals surface area contributed by atoms with Gasteiger partial charge in [0.05, 0.1) is 11.6 Å². The zero-order chi connectivity index (χ0) is 19.7. The van der Waals surface area contributed by atoms with E-state index in [0.717, 1.165) is 5.39 Å². The molecule has 4 rings (SSSR count). The number of anilines is 1. The van der Waals surface area contributed by atoms with Gasteiger partial charge in [0.25, 0.3) is 0 Å². The number of para-hydroxylation sites is 1. The smallest absolute Gasteiger partial charge is 0.132 e. The minimum Gasteiger partial charge on any atom is -0.507 e. The van der Waals surface area contributed by atoms with Crippen LogP contribution in [0.3, 0.4) is 0 Å². The Morgan fingerprint density at radius 1 is 0.821 bits per heavy atom. The number of hydrogen-bond donors (Lipinski definition) is 2. The Balaban J connectivity index is 1.93. The first-order chi connectivity index (χ1) is 13.5. The van der Waals surface area contributed by atoms with Crippen molar-refractivity contribution in [3.05, 3.63) is 106 Å². The molecule has 0 radical (unpaired) electrons. The van der Waals surface area contributed by atoms with Gasteiger partial charge in [0, 0.05) is 21.1 Å². The lowest BCUT2D eigenvalue weighted by Gasteiger charge is -2.24. The molecular formula is C23H16BrF2NO. The zero-order valence-electron chi connectivity index (χ0n) is 14.7. The monoisotopic (exact) mass is 439 g/mol. The van der Waals surface area contributed by atoms with E-state index in [1.165, 1.54) is 12.1 Å². The molecule has 0 fully saturated rings. The minimum atomic E-state index is -0.917. The first-order valence-electron chi connectivity index (χ1n) is 8.71. The second-order valence-electron chi connectivity index (χ2n) is 6.45. The van der Waals surface area contributed by atoms with Gasteiger partial charge in [-0.15, -0.1) is 0 Å². The standard InChI is InChI=1S/C23H16BrF2NO/c24-15-12-19(25)21(20(26)13-15)22(27-16-7-2-1-3-8-16)18-11-10-14-6-4-5-9-17(14)23(18)28/h1-13,22,27-28H. The van der Waals surface area contributed by atoms with Gasteiger partial charge in [-0.3, -0.25) is 0 Å². The topological polar surface area (TPSA) is 32.3 Å². The molecule has 140 valence electrons. The lowest BCUT2D eigenvalue weighted by Crippen LogP contribution is -2.16. The van der Waals surface area contributed by atoms with E-state index in [-0.39, 0.29) is 11.3 Å². The molecular weight excluding hydrogens is 424 g/mol. The van der Waals surface area contributed by atoms with Crippen LogP contribution >= 0.6 is 15.9 Å². The summed E-state index contributed by atoms with van der Waals surface area (Å²) in [7, 11) is 0. The van der Waals surface area contributed by atoms with E-state index in [9.17, 15) is 13.9 Å². The number of halogens is 3. The summed E-state index contributed by atoms with van der Waals surface area (Å²) in [5.41, 5.74) is 0.919. The molecule has 0 saturated heterocycles. The molecule has 0 aliphatic rings. The van der Waals surface area contributed by atoms with Gasteiger partial charge in [0.2, 0.25) is 0 Å². The molecule has 0 bridgehead atoms. The maximum atomic E-state index is 14.8. The summed E-state index contributed by atoms with van der Waals surface area (Å²) in [6.45, 7) is 0. The third-order valence-electron chi connectivity index (χ3n) is 4.66. The fraction of sp³-hybridized carbons (Fsp3) is 0.0435. The Morgan fingerprint density at radius 3 is 2.18 bits per heavy atom. The van der Waals surface area contributed by atoms with Crippen molar-refractivity contribution in [3.8, 4) is 5.75 Å². The molecule has 0 aromatic heterocycles. The van der Waals surface area contributed by atoms with Gasteiger partial charge in [-0.25, -0.2) is 8.78 Å². The Labute approximate surface area is 169 Å². The maximum absolute atomic E-state index is 14.8. The molecule has 0 aliphatic heterocycles. The van der Waals surface area contributed by atoms with Crippen molar-refractivity contribution in [2.24, 2.45) is 0 Å². The molecule has 0 heterocycles. The highest BCUT2D eigenvalue weighted by Crippen LogP contribution is 2.39. The summed E-state index contributed by atoms with van der Waals surface area (Å²) in [5, 5.41) is 15.5. The van der Waals surface area contributed by atoms with E-state index in [4.69, 9.17) is 0 Å². The molecule has 0 spiro atoms. The van der Waals surface area contributed by atoms with Crippen LogP contribution < -0.4 is 5.32 Å². The summed E-state index contributed by atoms with van der Waals surface area (Å²) < 4.78 is 29.9. The Hall–Kier alpha value is -2.92. The number of aromatic hydroxyl groups is 1. The third-order valence-corrected chi connectivity index (χ3v) is 5.12. The van der Waals surface area contributed by atoms with Crippen LogP contribution in [0.2, 0.25) is 0 Å². The van der Waals surface area contributed by atoms with Gasteiger partial charge in [-0.05, 0) is 29.7 Å². The quantitative estimate of drug-likeness (QED) is 0.366. The van der Waals surface area contributed by atoms with Crippen LogP contribution in [0.1, 0.15) is 17.2 Å². The molecule has 0 amide bonds. The molecule has 4 aromatic rings. The molecule has 2 N–H and O–H groups in total. The average Bonchev–Trinajstić information content (AvgIpc) is 2.68. The summed E-state index contributed by atoms with van der Waals surface area (Å²) in [6.07, 6.45) is 0. The molecule has 28 heavy (non-hydrogen) atoms. The summed E-state index contributed by atoms with van der Waals surface area (Å²) in [5.74, 6) is -1.41. The van der Waals surface area contributed by atoms with E-state index in [0.29, 0.717) is 21.1 Å². The predicted molar refractivity (Wildman–Crippen MR) is 112 cm³/mol. The second kappa shape index (κ2) is 7.60. The van der Waals surface area contributed by atoms with Crippen molar-refractivity contribution < 1.29 is 13.9 Å². The number of fused-ring (bicyclic) bond motifs is 1.